The van der Waals surface area contributed by atoms with Crippen molar-refractivity contribution in [1.29, 1.82) is 0 Å². The molecule has 22 heavy (non-hydrogen) atoms. The van der Waals surface area contributed by atoms with Crippen molar-refractivity contribution in [2.75, 3.05) is 11.9 Å². The van der Waals surface area contributed by atoms with E-state index in [1.165, 1.54) is 23.1 Å². The second-order valence-corrected chi connectivity index (χ2v) is 7.13. The van der Waals surface area contributed by atoms with Crippen LogP contribution in [0.3, 0.4) is 0 Å². The van der Waals surface area contributed by atoms with E-state index in [2.05, 4.69) is 39.5 Å². The molecule has 0 spiro atoms. The van der Waals surface area contributed by atoms with Crippen LogP contribution in [0.5, 0.6) is 0 Å². The van der Waals surface area contributed by atoms with Crippen LogP contribution < -0.4 is 5.32 Å². The Bertz CT molecular complexity index is 708. The lowest BCUT2D eigenvalue weighted by Crippen LogP contribution is -2.07. The van der Waals surface area contributed by atoms with Crippen LogP contribution in [0, 0.1) is 5.92 Å². The maximum absolute atomic E-state index is 5.22. The van der Waals surface area contributed by atoms with Gasteiger partial charge in [0.2, 0.25) is 16.8 Å². The van der Waals surface area contributed by atoms with Gasteiger partial charge in [-0.1, -0.05) is 42.1 Å². The van der Waals surface area contributed by atoms with Gasteiger partial charge in [-0.25, -0.2) is 0 Å². The van der Waals surface area contributed by atoms with Crippen LogP contribution in [0.15, 0.2) is 31.7 Å². The fourth-order valence-electron chi connectivity index (χ4n) is 1.57. The Morgan fingerprint density at radius 3 is 3.05 bits per heavy atom. The van der Waals surface area contributed by atoms with E-state index in [1.807, 2.05) is 0 Å². The van der Waals surface area contributed by atoms with Crippen molar-refractivity contribution >= 4 is 28.2 Å². The number of hydrogen-bond acceptors (Lipinski definition) is 9. The SMILES string of the molecule is CC(C)CNc1nnc(SCc2nc(-c3ccco3)no2)s1. The van der Waals surface area contributed by atoms with Gasteiger partial charge >= 0.3 is 0 Å². The molecule has 0 aliphatic carbocycles. The Labute approximate surface area is 135 Å². The highest BCUT2D eigenvalue weighted by Crippen LogP contribution is 2.28. The molecule has 9 heteroatoms. The Hall–Kier alpha value is -1.87. The minimum Gasteiger partial charge on any atom is -0.461 e. The van der Waals surface area contributed by atoms with Gasteiger partial charge in [-0.15, -0.1) is 10.2 Å². The number of rotatable bonds is 7. The quantitative estimate of drug-likeness (QED) is 0.655. The summed E-state index contributed by atoms with van der Waals surface area (Å²) in [6, 6.07) is 3.58. The number of furan rings is 1. The monoisotopic (exact) mass is 337 g/mol. The summed E-state index contributed by atoms with van der Waals surface area (Å²) in [5.74, 6) is 2.70. The molecule has 0 radical (unpaired) electrons. The molecule has 0 saturated carbocycles. The van der Waals surface area contributed by atoms with E-state index < -0.39 is 0 Å². The lowest BCUT2D eigenvalue weighted by Gasteiger charge is -2.03. The molecule has 3 rings (SSSR count). The molecule has 0 aliphatic rings. The van der Waals surface area contributed by atoms with Crippen LogP contribution in [0.4, 0.5) is 5.13 Å². The Balaban J connectivity index is 1.54. The third-order valence-electron chi connectivity index (χ3n) is 2.60. The molecule has 3 aromatic rings. The minimum atomic E-state index is 0.456. The number of anilines is 1. The summed E-state index contributed by atoms with van der Waals surface area (Å²) in [4.78, 5) is 4.28. The molecule has 116 valence electrons. The fourth-order valence-corrected chi connectivity index (χ4v) is 3.17. The molecule has 0 fully saturated rings. The summed E-state index contributed by atoms with van der Waals surface area (Å²) in [6.45, 7) is 5.18. The fraction of sp³-hybridized carbons (Fsp3) is 0.385. The lowest BCUT2D eigenvalue weighted by atomic mass is 10.2. The lowest BCUT2D eigenvalue weighted by molar-refractivity contribution is 0.390. The summed E-state index contributed by atoms with van der Waals surface area (Å²) in [5.41, 5.74) is 0. The molecular weight excluding hydrogens is 322 g/mol. The maximum Gasteiger partial charge on any atom is 0.238 e. The number of thioether (sulfide) groups is 1. The van der Waals surface area contributed by atoms with Gasteiger partial charge in [0.25, 0.3) is 0 Å². The van der Waals surface area contributed by atoms with Gasteiger partial charge in [0, 0.05) is 6.54 Å². The van der Waals surface area contributed by atoms with Crippen molar-refractivity contribution < 1.29 is 8.94 Å². The Morgan fingerprint density at radius 2 is 2.27 bits per heavy atom. The molecule has 0 bridgehead atoms. The standard InChI is InChI=1S/C13H15N5O2S2/c1-8(2)6-14-12-16-17-13(22-12)21-7-10-15-11(18-20-10)9-4-3-5-19-9/h3-5,8H,6-7H2,1-2H3,(H,14,16). The van der Waals surface area contributed by atoms with Crippen LogP contribution in [-0.2, 0) is 5.75 Å². The molecule has 1 N–H and O–H groups in total. The largest absolute Gasteiger partial charge is 0.461 e. The van der Waals surface area contributed by atoms with Gasteiger partial charge in [-0.05, 0) is 18.1 Å². The van der Waals surface area contributed by atoms with Gasteiger partial charge in [-0.2, -0.15) is 4.98 Å². The van der Waals surface area contributed by atoms with Crippen molar-refractivity contribution in [3.63, 3.8) is 0 Å². The van der Waals surface area contributed by atoms with Crippen LogP contribution in [0.2, 0.25) is 0 Å². The Kier molecular flexibility index (Phi) is 4.74. The summed E-state index contributed by atoms with van der Waals surface area (Å²) >= 11 is 3.04. The van der Waals surface area contributed by atoms with Crippen LogP contribution in [0.1, 0.15) is 19.7 Å². The molecule has 7 nitrogen and oxygen atoms in total. The normalized spacial score (nSPS) is 11.2. The molecule has 0 atom stereocenters. The van der Waals surface area contributed by atoms with E-state index in [0.29, 0.717) is 29.1 Å². The second kappa shape index (κ2) is 6.93. The first-order valence-electron chi connectivity index (χ1n) is 6.77. The topological polar surface area (TPSA) is 89.9 Å². The van der Waals surface area contributed by atoms with Gasteiger partial charge in [0.15, 0.2) is 10.1 Å². The van der Waals surface area contributed by atoms with E-state index >= 15 is 0 Å². The second-order valence-electron chi connectivity index (χ2n) is 4.93. The van der Waals surface area contributed by atoms with E-state index in [1.54, 1.807) is 18.4 Å². The highest BCUT2D eigenvalue weighted by Gasteiger charge is 2.12. The molecule has 0 saturated heterocycles. The predicted molar refractivity (Wildman–Crippen MR) is 84.8 cm³/mol. The average Bonchev–Trinajstić information content (AvgIpc) is 3.23. The zero-order valence-corrected chi connectivity index (χ0v) is 13.8. The molecule has 0 aromatic carbocycles. The average molecular weight is 337 g/mol. The summed E-state index contributed by atoms with van der Waals surface area (Å²) < 4.78 is 11.3. The van der Waals surface area contributed by atoms with Crippen LogP contribution >= 0.6 is 23.1 Å². The predicted octanol–water partition coefficient (Wildman–Crippen LogP) is 3.54. The number of aromatic nitrogens is 4. The third kappa shape index (κ3) is 3.86. The van der Waals surface area contributed by atoms with Crippen molar-refractivity contribution in [2.24, 2.45) is 5.92 Å². The summed E-state index contributed by atoms with van der Waals surface area (Å²) in [7, 11) is 0. The van der Waals surface area contributed by atoms with Crippen molar-refractivity contribution in [3.8, 4) is 11.6 Å². The molecule has 3 aromatic heterocycles. The molecule has 0 unspecified atom stereocenters. The first-order chi connectivity index (χ1) is 10.7. The van der Waals surface area contributed by atoms with E-state index in [9.17, 15) is 0 Å². The molecular formula is C13H15N5O2S2. The van der Waals surface area contributed by atoms with Crippen LogP contribution in [-0.4, -0.2) is 26.9 Å². The zero-order valence-electron chi connectivity index (χ0n) is 12.1. The zero-order chi connectivity index (χ0) is 15.4. The third-order valence-corrected chi connectivity index (χ3v) is 4.60. The first kappa shape index (κ1) is 15.0. The van der Waals surface area contributed by atoms with Crippen LogP contribution in [0.25, 0.3) is 11.6 Å². The molecule has 3 heterocycles. The van der Waals surface area contributed by atoms with Gasteiger partial charge in [-0.3, -0.25) is 0 Å². The number of nitrogens with zero attached hydrogens (tertiary/aromatic N) is 4. The summed E-state index contributed by atoms with van der Waals surface area (Å²) in [5, 5.41) is 16.2. The van der Waals surface area contributed by atoms with Gasteiger partial charge in [0.05, 0.1) is 12.0 Å². The molecule has 0 aliphatic heterocycles. The first-order valence-corrected chi connectivity index (χ1v) is 8.57. The van der Waals surface area contributed by atoms with E-state index in [-0.39, 0.29) is 0 Å². The highest BCUT2D eigenvalue weighted by atomic mass is 32.2. The smallest absolute Gasteiger partial charge is 0.238 e. The van der Waals surface area contributed by atoms with E-state index in [0.717, 1.165) is 16.0 Å². The van der Waals surface area contributed by atoms with Crippen molar-refractivity contribution in [2.45, 2.75) is 23.9 Å². The van der Waals surface area contributed by atoms with Crippen molar-refractivity contribution in [1.82, 2.24) is 20.3 Å². The number of hydrogen-bond donors (Lipinski definition) is 1. The van der Waals surface area contributed by atoms with Gasteiger partial charge in [0.1, 0.15) is 0 Å². The van der Waals surface area contributed by atoms with Crippen molar-refractivity contribution in [3.05, 3.63) is 24.3 Å². The number of nitrogens with one attached hydrogen (secondary N) is 1. The maximum atomic E-state index is 5.22. The highest BCUT2D eigenvalue weighted by molar-refractivity contribution is 8.00. The van der Waals surface area contributed by atoms with Gasteiger partial charge < -0.3 is 14.3 Å². The van der Waals surface area contributed by atoms with E-state index in [4.69, 9.17) is 8.94 Å². The Morgan fingerprint density at radius 1 is 1.36 bits per heavy atom. The summed E-state index contributed by atoms with van der Waals surface area (Å²) in [6.07, 6.45) is 1.58. The molecule has 0 amide bonds. The minimum absolute atomic E-state index is 0.456.